The average Bonchev–Trinajstić information content (AvgIpc) is 2.84. The molecule has 1 heterocycles. The average molecular weight is 308 g/mol. The minimum atomic E-state index is 0.124. The van der Waals surface area contributed by atoms with Gasteiger partial charge in [-0.25, -0.2) is 4.98 Å². The standard InChI is InChI=1S/C17H28N2OS/c1-5-17(3,4)13-6-8-14(9-7-13)19-16(20)10-15-11-21-12(2)18-15/h11,13-14H,5-10H2,1-4H3,(H,19,20). The topological polar surface area (TPSA) is 42.0 Å². The monoisotopic (exact) mass is 308 g/mol. The maximum absolute atomic E-state index is 12.1. The van der Waals surface area contributed by atoms with Gasteiger partial charge in [-0.15, -0.1) is 11.3 Å². The van der Waals surface area contributed by atoms with Gasteiger partial charge in [0, 0.05) is 11.4 Å². The zero-order valence-corrected chi connectivity index (χ0v) is 14.6. The summed E-state index contributed by atoms with van der Waals surface area (Å²) in [7, 11) is 0. The van der Waals surface area contributed by atoms with E-state index in [1.807, 2.05) is 12.3 Å². The van der Waals surface area contributed by atoms with E-state index in [0.29, 0.717) is 17.9 Å². The quantitative estimate of drug-likeness (QED) is 0.889. The van der Waals surface area contributed by atoms with Crippen molar-refractivity contribution in [2.75, 3.05) is 0 Å². The van der Waals surface area contributed by atoms with Crippen LogP contribution in [-0.4, -0.2) is 16.9 Å². The largest absolute Gasteiger partial charge is 0.353 e. The third-order valence-corrected chi connectivity index (χ3v) is 5.94. The number of rotatable bonds is 5. The zero-order chi connectivity index (χ0) is 15.5. The van der Waals surface area contributed by atoms with Crippen LogP contribution in [0.4, 0.5) is 0 Å². The van der Waals surface area contributed by atoms with E-state index in [1.54, 1.807) is 11.3 Å². The lowest BCUT2D eigenvalue weighted by atomic mass is 9.69. The molecule has 1 saturated carbocycles. The lowest BCUT2D eigenvalue weighted by Gasteiger charge is -2.39. The van der Waals surface area contributed by atoms with Crippen molar-refractivity contribution in [3.63, 3.8) is 0 Å². The smallest absolute Gasteiger partial charge is 0.226 e. The van der Waals surface area contributed by atoms with E-state index >= 15 is 0 Å². The van der Waals surface area contributed by atoms with Gasteiger partial charge in [0.15, 0.2) is 0 Å². The summed E-state index contributed by atoms with van der Waals surface area (Å²) in [6.07, 6.45) is 6.37. The van der Waals surface area contributed by atoms with Gasteiger partial charge in [0.25, 0.3) is 0 Å². The van der Waals surface area contributed by atoms with Gasteiger partial charge in [0.1, 0.15) is 0 Å². The van der Waals surface area contributed by atoms with E-state index in [9.17, 15) is 4.79 Å². The normalized spacial score (nSPS) is 23.0. The van der Waals surface area contributed by atoms with Crippen LogP contribution in [0, 0.1) is 18.3 Å². The predicted octanol–water partition coefficient (Wildman–Crippen LogP) is 4.11. The molecule has 1 aliphatic rings. The Bertz CT molecular complexity index is 473. The second-order valence-corrected chi connectivity index (χ2v) is 8.06. The van der Waals surface area contributed by atoms with Gasteiger partial charge in [0.05, 0.1) is 17.1 Å². The zero-order valence-electron chi connectivity index (χ0n) is 13.7. The van der Waals surface area contributed by atoms with E-state index in [-0.39, 0.29) is 5.91 Å². The second-order valence-electron chi connectivity index (χ2n) is 6.99. The number of hydrogen-bond acceptors (Lipinski definition) is 3. The molecule has 1 aromatic rings. The predicted molar refractivity (Wildman–Crippen MR) is 88.5 cm³/mol. The second kappa shape index (κ2) is 6.91. The highest BCUT2D eigenvalue weighted by atomic mass is 32.1. The lowest BCUT2D eigenvalue weighted by molar-refractivity contribution is -0.121. The Morgan fingerprint density at radius 3 is 2.57 bits per heavy atom. The highest BCUT2D eigenvalue weighted by molar-refractivity contribution is 7.09. The summed E-state index contributed by atoms with van der Waals surface area (Å²) in [5, 5.41) is 6.20. The molecular formula is C17H28N2OS. The van der Waals surface area contributed by atoms with Crippen LogP contribution in [0.5, 0.6) is 0 Å². The summed E-state index contributed by atoms with van der Waals surface area (Å²) in [5.74, 6) is 0.926. The van der Waals surface area contributed by atoms with Crippen molar-refractivity contribution in [1.82, 2.24) is 10.3 Å². The lowest BCUT2D eigenvalue weighted by Crippen LogP contribution is -2.40. The van der Waals surface area contributed by atoms with E-state index in [0.717, 1.165) is 29.5 Å². The van der Waals surface area contributed by atoms with Gasteiger partial charge in [-0.05, 0) is 43.9 Å². The Hall–Kier alpha value is -0.900. The molecule has 1 amide bonds. The molecule has 21 heavy (non-hydrogen) atoms. The van der Waals surface area contributed by atoms with Crippen molar-refractivity contribution in [2.45, 2.75) is 72.3 Å². The first kappa shape index (κ1) is 16.5. The highest BCUT2D eigenvalue weighted by Crippen LogP contribution is 2.40. The number of thiazole rings is 1. The molecule has 2 rings (SSSR count). The molecule has 0 radical (unpaired) electrons. The number of carbonyl (C=O) groups excluding carboxylic acids is 1. The molecule has 0 spiro atoms. The van der Waals surface area contributed by atoms with Gasteiger partial charge in [-0.1, -0.05) is 27.2 Å². The summed E-state index contributed by atoms with van der Waals surface area (Å²) in [4.78, 5) is 16.4. The van der Waals surface area contributed by atoms with E-state index in [1.165, 1.54) is 19.3 Å². The molecule has 1 fully saturated rings. The number of nitrogens with one attached hydrogen (secondary N) is 1. The van der Waals surface area contributed by atoms with Crippen LogP contribution >= 0.6 is 11.3 Å². The number of amides is 1. The minimum absolute atomic E-state index is 0.124. The molecule has 1 aliphatic carbocycles. The van der Waals surface area contributed by atoms with Crippen molar-refractivity contribution in [3.8, 4) is 0 Å². The van der Waals surface area contributed by atoms with Crippen molar-refractivity contribution in [2.24, 2.45) is 11.3 Å². The molecular weight excluding hydrogens is 280 g/mol. The van der Waals surface area contributed by atoms with Crippen LogP contribution in [0.25, 0.3) is 0 Å². The number of carbonyl (C=O) groups is 1. The summed E-state index contributed by atoms with van der Waals surface area (Å²) in [5.41, 5.74) is 1.34. The Balaban J connectivity index is 1.77. The first-order chi connectivity index (χ1) is 9.90. The van der Waals surface area contributed by atoms with Gasteiger partial charge in [0.2, 0.25) is 5.91 Å². The number of aromatic nitrogens is 1. The fourth-order valence-corrected chi connectivity index (χ4v) is 3.85. The minimum Gasteiger partial charge on any atom is -0.353 e. The number of aryl methyl sites for hydroxylation is 1. The van der Waals surface area contributed by atoms with Crippen molar-refractivity contribution >= 4 is 17.2 Å². The van der Waals surface area contributed by atoms with Crippen LogP contribution in [-0.2, 0) is 11.2 Å². The van der Waals surface area contributed by atoms with Gasteiger partial charge in [-0.2, -0.15) is 0 Å². The summed E-state index contributed by atoms with van der Waals surface area (Å²) < 4.78 is 0. The van der Waals surface area contributed by atoms with Gasteiger partial charge >= 0.3 is 0 Å². The molecule has 3 nitrogen and oxygen atoms in total. The highest BCUT2D eigenvalue weighted by Gasteiger charge is 2.32. The molecule has 0 unspecified atom stereocenters. The van der Waals surface area contributed by atoms with E-state index < -0.39 is 0 Å². The van der Waals surface area contributed by atoms with Crippen LogP contribution in [0.2, 0.25) is 0 Å². The molecule has 1 aromatic heterocycles. The third-order valence-electron chi connectivity index (χ3n) is 5.12. The molecule has 1 N–H and O–H groups in total. The van der Waals surface area contributed by atoms with Crippen LogP contribution in [0.3, 0.4) is 0 Å². The molecule has 0 aliphatic heterocycles. The molecule has 0 bridgehead atoms. The Morgan fingerprint density at radius 2 is 2.05 bits per heavy atom. The Kier molecular flexibility index (Phi) is 5.42. The van der Waals surface area contributed by atoms with Crippen molar-refractivity contribution < 1.29 is 4.79 Å². The van der Waals surface area contributed by atoms with Crippen LogP contribution < -0.4 is 5.32 Å². The van der Waals surface area contributed by atoms with Crippen molar-refractivity contribution in [1.29, 1.82) is 0 Å². The molecule has 4 heteroatoms. The SMILES string of the molecule is CCC(C)(C)C1CCC(NC(=O)Cc2csc(C)n2)CC1. The molecule has 0 saturated heterocycles. The van der Waals surface area contributed by atoms with Crippen molar-refractivity contribution in [3.05, 3.63) is 16.1 Å². The summed E-state index contributed by atoms with van der Waals surface area (Å²) >= 11 is 1.61. The number of hydrogen-bond donors (Lipinski definition) is 1. The fourth-order valence-electron chi connectivity index (χ4n) is 3.24. The Morgan fingerprint density at radius 1 is 1.38 bits per heavy atom. The summed E-state index contributed by atoms with van der Waals surface area (Å²) in [6, 6.07) is 0.362. The van der Waals surface area contributed by atoms with E-state index in [2.05, 4.69) is 31.1 Å². The maximum Gasteiger partial charge on any atom is 0.226 e. The van der Waals surface area contributed by atoms with Gasteiger partial charge < -0.3 is 5.32 Å². The maximum atomic E-state index is 12.1. The third kappa shape index (κ3) is 4.53. The van der Waals surface area contributed by atoms with Crippen LogP contribution in [0.15, 0.2) is 5.38 Å². The number of nitrogens with zero attached hydrogens (tertiary/aromatic N) is 1. The molecule has 118 valence electrons. The van der Waals surface area contributed by atoms with Crippen LogP contribution in [0.1, 0.15) is 63.6 Å². The summed E-state index contributed by atoms with van der Waals surface area (Å²) in [6.45, 7) is 9.01. The van der Waals surface area contributed by atoms with Gasteiger partial charge in [-0.3, -0.25) is 4.79 Å². The first-order valence-corrected chi connectivity index (χ1v) is 8.99. The Labute approximate surface area is 132 Å². The fraction of sp³-hybridized carbons (Fsp3) is 0.765. The van der Waals surface area contributed by atoms with E-state index in [4.69, 9.17) is 0 Å². The first-order valence-electron chi connectivity index (χ1n) is 8.11. The molecule has 0 aromatic carbocycles. The molecule has 0 atom stereocenters.